The van der Waals surface area contributed by atoms with E-state index in [9.17, 15) is 9.90 Å². The average molecular weight is 314 g/mol. The Hall–Kier alpha value is -0.200. The SMILES string of the molecule is Cl.Nc1c(C(=O)O)cccc1-c1ccccc1O.[H-].[H-].[Na+].[Na+]. The zero-order chi connectivity index (χ0) is 12.4. The number of aromatic hydroxyl groups is 1. The molecule has 0 atom stereocenters. The number of halogens is 1. The molecule has 4 nitrogen and oxygen atoms in total. The summed E-state index contributed by atoms with van der Waals surface area (Å²) in [6, 6.07) is 11.4. The average Bonchev–Trinajstić information content (AvgIpc) is 2.30. The Kier molecular flexibility index (Phi) is 10.7. The zero-order valence-corrected chi connectivity index (χ0v) is 16.1. The van der Waals surface area contributed by atoms with Crippen molar-refractivity contribution in [1.29, 1.82) is 0 Å². The second-order valence-electron chi connectivity index (χ2n) is 3.59. The first-order chi connectivity index (χ1) is 8.11. The molecule has 2 aromatic carbocycles. The molecule has 0 saturated heterocycles. The quantitative estimate of drug-likeness (QED) is 0.407. The van der Waals surface area contributed by atoms with E-state index in [1.165, 1.54) is 12.1 Å². The van der Waals surface area contributed by atoms with Crippen molar-refractivity contribution < 1.29 is 77.0 Å². The number of nitrogen functional groups attached to an aromatic ring is 1. The standard InChI is InChI=1S/C13H11NO3.ClH.2Na.2H/c14-12-9(5-3-6-10(12)13(16)17)8-4-1-2-7-11(8)15;;;;;/h1-7,15H,14H2,(H,16,17);1H;;;;/q;;2*+1;2*-1. The van der Waals surface area contributed by atoms with E-state index in [1.807, 2.05) is 0 Å². The molecule has 20 heavy (non-hydrogen) atoms. The fourth-order valence-corrected chi connectivity index (χ4v) is 1.69. The molecule has 0 aromatic heterocycles. The van der Waals surface area contributed by atoms with Crippen LogP contribution in [0.1, 0.15) is 13.2 Å². The van der Waals surface area contributed by atoms with Crippen molar-refractivity contribution in [3.8, 4) is 16.9 Å². The van der Waals surface area contributed by atoms with Crippen LogP contribution < -0.4 is 64.8 Å². The molecule has 0 bridgehead atoms. The summed E-state index contributed by atoms with van der Waals surface area (Å²) in [6.45, 7) is 0. The van der Waals surface area contributed by atoms with E-state index in [-0.39, 0.29) is 91.4 Å². The number of carboxylic acids is 1. The Bertz CT molecular complexity index is 603. The fraction of sp³-hybridized carbons (Fsp3) is 0. The molecular weight excluding hydrogens is 300 g/mol. The number of phenolic OH excluding ortho intramolecular Hbond substituents is 1. The molecule has 0 saturated carbocycles. The maximum atomic E-state index is 10.9. The summed E-state index contributed by atoms with van der Waals surface area (Å²) >= 11 is 0. The van der Waals surface area contributed by atoms with E-state index in [0.717, 1.165) is 0 Å². The second kappa shape index (κ2) is 9.68. The number of aromatic carboxylic acids is 1. The van der Waals surface area contributed by atoms with Crippen LogP contribution in [0, 0.1) is 0 Å². The van der Waals surface area contributed by atoms with Gasteiger partial charge in [-0.05, 0) is 12.1 Å². The van der Waals surface area contributed by atoms with Gasteiger partial charge in [0.2, 0.25) is 0 Å². The normalized spacial score (nSPS) is 8.60. The van der Waals surface area contributed by atoms with Gasteiger partial charge in [-0.3, -0.25) is 0 Å². The van der Waals surface area contributed by atoms with Crippen molar-refractivity contribution in [2.45, 2.75) is 0 Å². The Morgan fingerprint density at radius 1 is 1.00 bits per heavy atom. The van der Waals surface area contributed by atoms with Crippen LogP contribution in [0.5, 0.6) is 5.75 Å². The van der Waals surface area contributed by atoms with Gasteiger partial charge in [0.15, 0.2) is 0 Å². The number of benzene rings is 2. The number of carbonyl (C=O) groups is 1. The molecule has 98 valence electrons. The number of para-hydroxylation sites is 2. The fourth-order valence-electron chi connectivity index (χ4n) is 1.69. The number of hydrogen-bond acceptors (Lipinski definition) is 3. The Balaban J connectivity index is -0.000000324. The minimum Gasteiger partial charge on any atom is -1.00 e. The zero-order valence-electron chi connectivity index (χ0n) is 13.3. The van der Waals surface area contributed by atoms with Crippen molar-refractivity contribution >= 4 is 24.1 Å². The van der Waals surface area contributed by atoms with Gasteiger partial charge < -0.3 is 18.8 Å². The summed E-state index contributed by atoms with van der Waals surface area (Å²) in [7, 11) is 0. The monoisotopic (exact) mass is 313 g/mol. The Morgan fingerprint density at radius 2 is 1.55 bits per heavy atom. The largest absolute Gasteiger partial charge is 1.00 e. The predicted octanol–water partition coefficient (Wildman–Crippen LogP) is -3.01. The molecule has 0 amide bonds. The molecule has 2 rings (SSSR count). The van der Waals surface area contributed by atoms with Crippen molar-refractivity contribution in [1.82, 2.24) is 0 Å². The molecule has 0 radical (unpaired) electrons. The van der Waals surface area contributed by atoms with Crippen LogP contribution >= 0.6 is 12.4 Å². The topological polar surface area (TPSA) is 83.6 Å². The van der Waals surface area contributed by atoms with Gasteiger partial charge in [-0.2, -0.15) is 0 Å². The number of anilines is 1. The number of hydrogen-bond donors (Lipinski definition) is 3. The molecular formula is C13H14ClNNa2O3. The number of nitrogens with two attached hydrogens (primary N) is 1. The van der Waals surface area contributed by atoms with Gasteiger partial charge in [0.1, 0.15) is 5.75 Å². The summed E-state index contributed by atoms with van der Waals surface area (Å²) in [5.41, 5.74) is 7.02. The van der Waals surface area contributed by atoms with E-state index < -0.39 is 5.97 Å². The second-order valence-corrected chi connectivity index (χ2v) is 3.59. The molecule has 0 heterocycles. The first-order valence-corrected chi connectivity index (χ1v) is 5.01. The van der Waals surface area contributed by atoms with Gasteiger partial charge in [-0.1, -0.05) is 30.3 Å². The van der Waals surface area contributed by atoms with Crippen LogP contribution in [-0.4, -0.2) is 16.2 Å². The summed E-state index contributed by atoms with van der Waals surface area (Å²) in [5.74, 6) is -1.01. The molecule has 0 spiro atoms. The number of phenols is 1. The summed E-state index contributed by atoms with van der Waals surface area (Å²) < 4.78 is 0. The van der Waals surface area contributed by atoms with Crippen LogP contribution in [0.2, 0.25) is 0 Å². The van der Waals surface area contributed by atoms with E-state index >= 15 is 0 Å². The predicted molar refractivity (Wildman–Crippen MR) is 74.4 cm³/mol. The van der Waals surface area contributed by atoms with E-state index in [4.69, 9.17) is 10.8 Å². The minimum absolute atomic E-state index is 0. The van der Waals surface area contributed by atoms with Gasteiger partial charge in [-0.15, -0.1) is 12.4 Å². The molecule has 0 fully saturated rings. The molecule has 0 aliphatic heterocycles. The van der Waals surface area contributed by atoms with Gasteiger partial charge in [0, 0.05) is 11.1 Å². The molecule has 4 N–H and O–H groups in total. The molecule has 2 aromatic rings. The van der Waals surface area contributed by atoms with Crippen molar-refractivity contribution in [2.24, 2.45) is 0 Å². The molecule has 0 aliphatic rings. The smallest absolute Gasteiger partial charge is 1.00 e. The summed E-state index contributed by atoms with van der Waals surface area (Å²) in [5, 5.41) is 18.7. The summed E-state index contributed by atoms with van der Waals surface area (Å²) in [6.07, 6.45) is 0. The first kappa shape index (κ1) is 22.1. The van der Waals surface area contributed by atoms with Crippen LogP contribution in [0.3, 0.4) is 0 Å². The van der Waals surface area contributed by atoms with Crippen molar-refractivity contribution in [3.05, 3.63) is 48.0 Å². The molecule has 0 unspecified atom stereocenters. The third-order valence-corrected chi connectivity index (χ3v) is 2.53. The maximum absolute atomic E-state index is 10.9. The summed E-state index contributed by atoms with van der Waals surface area (Å²) in [4.78, 5) is 10.9. The van der Waals surface area contributed by atoms with Crippen LogP contribution in [-0.2, 0) is 0 Å². The molecule has 7 heteroatoms. The van der Waals surface area contributed by atoms with Crippen molar-refractivity contribution in [2.75, 3.05) is 5.73 Å². The van der Waals surface area contributed by atoms with Crippen LogP contribution in [0.15, 0.2) is 42.5 Å². The molecule has 0 aliphatic carbocycles. The number of rotatable bonds is 2. The van der Waals surface area contributed by atoms with E-state index in [0.29, 0.717) is 11.1 Å². The van der Waals surface area contributed by atoms with Crippen molar-refractivity contribution in [3.63, 3.8) is 0 Å². The third-order valence-electron chi connectivity index (χ3n) is 2.53. The Morgan fingerprint density at radius 3 is 2.10 bits per heavy atom. The maximum Gasteiger partial charge on any atom is 1.00 e. The van der Waals surface area contributed by atoms with Gasteiger partial charge in [-0.25, -0.2) is 4.79 Å². The van der Waals surface area contributed by atoms with Gasteiger partial charge >= 0.3 is 65.1 Å². The minimum atomic E-state index is -1.08. The third kappa shape index (κ3) is 4.67. The van der Waals surface area contributed by atoms with E-state index in [2.05, 4.69) is 0 Å². The van der Waals surface area contributed by atoms with Gasteiger partial charge in [0.25, 0.3) is 0 Å². The van der Waals surface area contributed by atoms with E-state index in [1.54, 1.807) is 30.3 Å². The van der Waals surface area contributed by atoms with Crippen LogP contribution in [0.4, 0.5) is 5.69 Å². The Labute approximate surface area is 170 Å². The number of carboxylic acid groups (broad SMARTS) is 1. The first-order valence-electron chi connectivity index (χ1n) is 5.01. The van der Waals surface area contributed by atoms with Gasteiger partial charge in [0.05, 0.1) is 11.3 Å². The van der Waals surface area contributed by atoms with Crippen LogP contribution in [0.25, 0.3) is 11.1 Å².